The second kappa shape index (κ2) is 7.95. The lowest BCUT2D eigenvalue weighted by molar-refractivity contribution is -0.118. The van der Waals surface area contributed by atoms with Crippen molar-refractivity contribution in [3.05, 3.63) is 65.7 Å². The summed E-state index contributed by atoms with van der Waals surface area (Å²) in [6, 6.07) is 18.4. The van der Waals surface area contributed by atoms with Crippen LogP contribution in [0.15, 0.2) is 54.6 Å². The predicted molar refractivity (Wildman–Crippen MR) is 112 cm³/mol. The molecule has 2 heterocycles. The Morgan fingerprint density at radius 1 is 1.14 bits per heavy atom. The van der Waals surface area contributed by atoms with E-state index >= 15 is 0 Å². The standard InChI is InChI=1S/C22H25N5O2/c1-14(2)20(28)24-21-25-22-23-18(15-9-11-17(29-3)12-10-15)13-19(27(22)26-21)16-7-5-4-6-8-16/h4-12,14,18-19H,13H2,1-3H3,(H2,23,24,25,26,28)/t18-,19+/m0/s1. The monoisotopic (exact) mass is 391 g/mol. The van der Waals surface area contributed by atoms with E-state index in [9.17, 15) is 4.79 Å². The van der Waals surface area contributed by atoms with Crippen LogP contribution in [0.5, 0.6) is 5.75 Å². The van der Waals surface area contributed by atoms with E-state index < -0.39 is 0 Å². The van der Waals surface area contributed by atoms with Gasteiger partial charge in [-0.2, -0.15) is 4.98 Å². The van der Waals surface area contributed by atoms with Gasteiger partial charge in [-0.1, -0.05) is 56.3 Å². The van der Waals surface area contributed by atoms with E-state index in [2.05, 4.69) is 45.0 Å². The topological polar surface area (TPSA) is 81.1 Å². The number of amides is 1. The highest BCUT2D eigenvalue weighted by Gasteiger charge is 2.31. The highest BCUT2D eigenvalue weighted by atomic mass is 16.5. The van der Waals surface area contributed by atoms with E-state index in [0.717, 1.165) is 23.3 Å². The molecule has 2 atom stereocenters. The number of carbonyl (C=O) groups is 1. The van der Waals surface area contributed by atoms with Gasteiger partial charge in [0.1, 0.15) is 5.75 Å². The molecule has 0 saturated heterocycles. The summed E-state index contributed by atoms with van der Waals surface area (Å²) in [6.07, 6.45) is 0.810. The number of hydrogen-bond donors (Lipinski definition) is 2. The predicted octanol–water partition coefficient (Wildman–Crippen LogP) is 4.03. The zero-order valence-corrected chi connectivity index (χ0v) is 16.8. The van der Waals surface area contributed by atoms with E-state index in [1.54, 1.807) is 7.11 Å². The van der Waals surface area contributed by atoms with Gasteiger partial charge < -0.3 is 10.1 Å². The average molecular weight is 391 g/mol. The molecule has 7 heteroatoms. The molecule has 2 aromatic carbocycles. The smallest absolute Gasteiger partial charge is 0.250 e. The molecule has 0 fully saturated rings. The van der Waals surface area contributed by atoms with E-state index in [-0.39, 0.29) is 23.9 Å². The van der Waals surface area contributed by atoms with Gasteiger partial charge in [-0.15, -0.1) is 5.10 Å². The lowest BCUT2D eigenvalue weighted by atomic mass is 9.93. The molecule has 0 spiro atoms. The van der Waals surface area contributed by atoms with Gasteiger partial charge in [0.25, 0.3) is 5.95 Å². The number of aromatic nitrogens is 3. The summed E-state index contributed by atoms with van der Waals surface area (Å²) in [5, 5.41) is 10.8. The number of benzene rings is 2. The van der Waals surface area contributed by atoms with E-state index in [1.807, 2.05) is 48.9 Å². The van der Waals surface area contributed by atoms with Crippen LogP contribution in [0.1, 0.15) is 43.5 Å². The lowest BCUT2D eigenvalue weighted by Crippen LogP contribution is -2.28. The Labute approximate surface area is 170 Å². The van der Waals surface area contributed by atoms with Gasteiger partial charge in [0, 0.05) is 5.92 Å². The van der Waals surface area contributed by atoms with Crippen LogP contribution in [-0.4, -0.2) is 27.8 Å². The number of nitrogens with zero attached hydrogens (tertiary/aromatic N) is 3. The SMILES string of the molecule is COc1ccc([C@@H]2C[C@H](c3ccccc3)n3nc(NC(=O)C(C)C)nc3N2)cc1. The first-order valence-electron chi connectivity index (χ1n) is 9.78. The van der Waals surface area contributed by atoms with Gasteiger partial charge >= 0.3 is 0 Å². The summed E-state index contributed by atoms with van der Waals surface area (Å²) in [5.41, 5.74) is 2.30. The third-order valence-electron chi connectivity index (χ3n) is 5.15. The zero-order chi connectivity index (χ0) is 20.4. The Bertz CT molecular complexity index is 982. The normalized spacial score (nSPS) is 18.1. The maximum atomic E-state index is 12.1. The van der Waals surface area contributed by atoms with Crippen LogP contribution in [-0.2, 0) is 4.79 Å². The second-order valence-electron chi connectivity index (χ2n) is 7.48. The Morgan fingerprint density at radius 3 is 2.52 bits per heavy atom. The molecule has 1 amide bonds. The molecule has 1 aliphatic rings. The van der Waals surface area contributed by atoms with Crippen molar-refractivity contribution in [1.82, 2.24) is 14.8 Å². The van der Waals surface area contributed by atoms with Crippen molar-refractivity contribution in [2.75, 3.05) is 17.7 Å². The molecular weight excluding hydrogens is 366 g/mol. The van der Waals surface area contributed by atoms with E-state index in [4.69, 9.17) is 4.74 Å². The van der Waals surface area contributed by atoms with Crippen LogP contribution in [0.25, 0.3) is 0 Å². The summed E-state index contributed by atoms with van der Waals surface area (Å²) in [6.45, 7) is 3.69. The molecule has 0 aliphatic carbocycles. The summed E-state index contributed by atoms with van der Waals surface area (Å²) >= 11 is 0. The third kappa shape index (κ3) is 3.94. The third-order valence-corrected chi connectivity index (χ3v) is 5.15. The Hall–Kier alpha value is -3.35. The molecule has 0 bridgehead atoms. The minimum absolute atomic E-state index is 0.0109. The molecule has 7 nitrogen and oxygen atoms in total. The van der Waals surface area contributed by atoms with Gasteiger partial charge in [0.15, 0.2) is 0 Å². The maximum Gasteiger partial charge on any atom is 0.250 e. The fourth-order valence-electron chi connectivity index (χ4n) is 3.49. The fourth-order valence-corrected chi connectivity index (χ4v) is 3.49. The van der Waals surface area contributed by atoms with Gasteiger partial charge in [-0.3, -0.25) is 10.1 Å². The molecule has 1 aliphatic heterocycles. The van der Waals surface area contributed by atoms with Crippen molar-refractivity contribution in [2.45, 2.75) is 32.4 Å². The number of hydrogen-bond acceptors (Lipinski definition) is 5. The molecule has 0 radical (unpaired) electrons. The van der Waals surface area contributed by atoms with E-state index in [0.29, 0.717) is 11.9 Å². The Balaban J connectivity index is 1.69. The van der Waals surface area contributed by atoms with Crippen molar-refractivity contribution in [3.8, 4) is 5.75 Å². The van der Waals surface area contributed by atoms with Crippen molar-refractivity contribution >= 4 is 17.8 Å². The molecule has 150 valence electrons. The van der Waals surface area contributed by atoms with Gasteiger partial charge in [-0.25, -0.2) is 4.68 Å². The van der Waals surface area contributed by atoms with Crippen molar-refractivity contribution in [2.24, 2.45) is 5.92 Å². The van der Waals surface area contributed by atoms with Crippen LogP contribution in [0.3, 0.4) is 0 Å². The maximum absolute atomic E-state index is 12.1. The number of nitrogens with one attached hydrogen (secondary N) is 2. The molecule has 29 heavy (non-hydrogen) atoms. The first-order chi connectivity index (χ1) is 14.0. The van der Waals surface area contributed by atoms with Crippen molar-refractivity contribution < 1.29 is 9.53 Å². The van der Waals surface area contributed by atoms with Gasteiger partial charge in [0.2, 0.25) is 11.9 Å². The molecule has 0 unspecified atom stereocenters. The number of ether oxygens (including phenoxy) is 1. The molecule has 4 rings (SSSR count). The summed E-state index contributed by atoms with van der Waals surface area (Å²) in [4.78, 5) is 16.6. The zero-order valence-electron chi connectivity index (χ0n) is 16.8. The van der Waals surface area contributed by atoms with Crippen LogP contribution in [0.4, 0.5) is 11.9 Å². The van der Waals surface area contributed by atoms with Crippen molar-refractivity contribution in [3.63, 3.8) is 0 Å². The van der Waals surface area contributed by atoms with Gasteiger partial charge in [0.05, 0.1) is 19.2 Å². The number of carbonyl (C=O) groups excluding carboxylic acids is 1. The Kier molecular flexibility index (Phi) is 5.20. The molecule has 1 aromatic heterocycles. The highest BCUT2D eigenvalue weighted by Crippen LogP contribution is 2.38. The number of rotatable bonds is 5. The average Bonchev–Trinajstić information content (AvgIpc) is 3.16. The molecular formula is C22H25N5O2. The highest BCUT2D eigenvalue weighted by molar-refractivity contribution is 5.90. The fraction of sp³-hybridized carbons (Fsp3) is 0.318. The van der Waals surface area contributed by atoms with Gasteiger partial charge in [-0.05, 0) is 29.7 Å². The number of anilines is 2. The van der Waals surface area contributed by atoms with E-state index in [1.165, 1.54) is 0 Å². The summed E-state index contributed by atoms with van der Waals surface area (Å²) in [7, 11) is 1.66. The largest absolute Gasteiger partial charge is 0.497 e. The number of methoxy groups -OCH3 is 1. The van der Waals surface area contributed by atoms with Crippen molar-refractivity contribution in [1.29, 1.82) is 0 Å². The minimum Gasteiger partial charge on any atom is -0.497 e. The quantitative estimate of drug-likeness (QED) is 0.686. The Morgan fingerprint density at radius 2 is 1.86 bits per heavy atom. The number of fused-ring (bicyclic) bond motifs is 1. The first kappa shape index (κ1) is 19.0. The molecule has 0 saturated carbocycles. The van der Waals surface area contributed by atoms with Crippen LogP contribution < -0.4 is 15.4 Å². The van der Waals surface area contributed by atoms with Crippen LogP contribution >= 0.6 is 0 Å². The first-order valence-corrected chi connectivity index (χ1v) is 9.78. The summed E-state index contributed by atoms with van der Waals surface area (Å²) < 4.78 is 7.14. The minimum atomic E-state index is -0.138. The van der Waals surface area contributed by atoms with Crippen LogP contribution in [0.2, 0.25) is 0 Å². The summed E-state index contributed by atoms with van der Waals surface area (Å²) in [5.74, 6) is 1.55. The second-order valence-corrected chi connectivity index (χ2v) is 7.48. The lowest BCUT2D eigenvalue weighted by Gasteiger charge is -2.31. The van der Waals surface area contributed by atoms with Crippen LogP contribution in [0, 0.1) is 5.92 Å². The molecule has 3 aromatic rings. The molecule has 2 N–H and O–H groups in total.